The Morgan fingerprint density at radius 3 is 2.11 bits per heavy atom. The fourth-order valence-corrected chi connectivity index (χ4v) is 6.82. The summed E-state index contributed by atoms with van der Waals surface area (Å²) in [6.07, 6.45) is 0.245. The van der Waals surface area contributed by atoms with Crippen LogP contribution in [0.15, 0.2) is 24.3 Å². The smallest absolute Gasteiger partial charge is 0.369 e. The van der Waals surface area contributed by atoms with Gasteiger partial charge in [-0.05, 0) is 43.4 Å². The summed E-state index contributed by atoms with van der Waals surface area (Å²) in [5.74, 6) is 0.530. The van der Waals surface area contributed by atoms with E-state index in [1.807, 2.05) is 29.2 Å². The third kappa shape index (κ3) is 8.29. The lowest BCUT2D eigenvalue weighted by Crippen LogP contribution is -2.47. The quantitative estimate of drug-likeness (QED) is 0.142. The number of nitrogens with two attached hydrogens (primary N) is 1. The average Bonchev–Trinajstić information content (AvgIpc) is 3.24. The zero-order chi connectivity index (χ0) is 26.4. The molecule has 1 saturated heterocycles. The van der Waals surface area contributed by atoms with Crippen LogP contribution in [0.3, 0.4) is 0 Å². The van der Waals surface area contributed by atoms with Crippen molar-refractivity contribution in [2.45, 2.75) is 49.3 Å². The molecule has 7 N–H and O–H groups in total. The third-order valence-corrected chi connectivity index (χ3v) is 10.4. The zero-order valence-electron chi connectivity index (χ0n) is 19.5. The van der Waals surface area contributed by atoms with E-state index in [1.54, 1.807) is 0 Å². The number of hydrogen-bond donors (Lipinski definition) is 6. The van der Waals surface area contributed by atoms with Crippen LogP contribution < -0.4 is 10.6 Å². The number of halogens is 3. The van der Waals surface area contributed by atoms with Crippen LogP contribution in [-0.4, -0.2) is 84.0 Å². The summed E-state index contributed by atoms with van der Waals surface area (Å²) in [7, 11) is -11.1. The molecule has 208 valence electrons. The van der Waals surface area contributed by atoms with E-state index in [9.17, 15) is 38.6 Å². The van der Waals surface area contributed by atoms with E-state index < -0.39 is 38.8 Å². The fourth-order valence-electron chi connectivity index (χ4n) is 4.22. The summed E-state index contributed by atoms with van der Waals surface area (Å²) < 4.78 is 23.2. The molecule has 0 bridgehead atoms. The second-order valence-electron chi connectivity index (χ2n) is 8.57. The Labute approximate surface area is 226 Å². The number of benzene rings is 1. The second-order valence-corrected chi connectivity index (χ2v) is 13.3. The van der Waals surface area contributed by atoms with Gasteiger partial charge in [0.25, 0.3) is 5.08 Å². The first-order valence-electron chi connectivity index (χ1n) is 11.1. The Hall–Kier alpha value is -0.420. The predicted octanol–water partition coefficient (Wildman–Crippen LogP) is 2.03. The van der Waals surface area contributed by atoms with E-state index in [2.05, 4.69) is 0 Å². The van der Waals surface area contributed by atoms with Crippen LogP contribution in [0, 0.1) is 0 Å². The molecule has 1 aliphatic heterocycles. The molecule has 0 aromatic heterocycles. The van der Waals surface area contributed by atoms with Gasteiger partial charge in [-0.2, -0.15) is 0 Å². The van der Waals surface area contributed by atoms with Crippen molar-refractivity contribution in [3.63, 3.8) is 0 Å². The third-order valence-electron chi connectivity index (χ3n) is 6.19. The van der Waals surface area contributed by atoms with Crippen molar-refractivity contribution >= 4 is 62.4 Å². The lowest BCUT2D eigenvalue weighted by molar-refractivity contribution is -0.133. The van der Waals surface area contributed by atoms with Gasteiger partial charge in [0.05, 0.1) is 6.04 Å². The zero-order valence-corrected chi connectivity index (χ0v) is 23.6. The van der Waals surface area contributed by atoms with Gasteiger partial charge in [-0.3, -0.25) is 13.9 Å². The molecule has 16 heteroatoms. The molecule has 0 aliphatic carbocycles. The monoisotopic (exact) mass is 611 g/mol. The van der Waals surface area contributed by atoms with Gasteiger partial charge in [-0.1, -0.05) is 12.1 Å². The summed E-state index contributed by atoms with van der Waals surface area (Å²) in [5, 5.41) is 6.63. The Morgan fingerprint density at radius 2 is 1.64 bits per heavy atom. The van der Waals surface area contributed by atoms with Crippen molar-refractivity contribution in [1.82, 2.24) is 4.90 Å². The van der Waals surface area contributed by atoms with Gasteiger partial charge in [0, 0.05) is 49.5 Å². The maximum absolute atomic E-state index is 13.0. The standard InChI is InChI=1S/C20H33Cl2N3O8P2.ClH/c21-9-12-24(13-10-22)16-5-3-15(4-6-16)14-18(23)19(26)25-11-1-2-17(25)7-8-20(27,34(28,29)30)35(31,32)33;/h3-6,17-18,27H,1-2,7-14,23H2,(H2,28,29,30)(H2,31,32,33);1H/t17?,18-;/m0./s1. The molecular formula is C20H34Cl3N3O8P2. The van der Waals surface area contributed by atoms with Gasteiger partial charge in [0.15, 0.2) is 0 Å². The molecule has 1 fully saturated rings. The molecule has 0 saturated carbocycles. The van der Waals surface area contributed by atoms with Crippen molar-refractivity contribution in [3.8, 4) is 0 Å². The molecule has 0 radical (unpaired) electrons. The highest BCUT2D eigenvalue weighted by molar-refractivity contribution is 7.72. The summed E-state index contributed by atoms with van der Waals surface area (Å²) >= 11 is 11.7. The number of carbonyl (C=O) groups is 1. The minimum Gasteiger partial charge on any atom is -0.369 e. The van der Waals surface area contributed by atoms with Gasteiger partial charge in [0.1, 0.15) is 0 Å². The predicted molar refractivity (Wildman–Crippen MR) is 142 cm³/mol. The minimum atomic E-state index is -5.55. The fraction of sp³-hybridized carbons (Fsp3) is 0.650. The summed E-state index contributed by atoms with van der Waals surface area (Å²) in [6.45, 7) is 1.63. The number of anilines is 1. The van der Waals surface area contributed by atoms with Crippen LogP contribution in [0.2, 0.25) is 0 Å². The first-order valence-corrected chi connectivity index (χ1v) is 15.4. The summed E-state index contributed by atoms with van der Waals surface area (Å²) in [6, 6.07) is 6.08. The van der Waals surface area contributed by atoms with Gasteiger partial charge in [0.2, 0.25) is 5.91 Å². The Balaban J connectivity index is 0.00000648. The van der Waals surface area contributed by atoms with Crippen LogP contribution in [0.25, 0.3) is 0 Å². The van der Waals surface area contributed by atoms with Crippen molar-refractivity contribution in [3.05, 3.63) is 29.8 Å². The Kier molecular flexibility index (Phi) is 13.2. The molecule has 0 spiro atoms. The largest absolute Gasteiger partial charge is 0.369 e. The Bertz CT molecular complexity index is 919. The number of amides is 1. The highest BCUT2D eigenvalue weighted by Crippen LogP contribution is 2.69. The number of nitrogens with zero attached hydrogens (tertiary/aromatic N) is 2. The second kappa shape index (κ2) is 14.1. The van der Waals surface area contributed by atoms with Gasteiger partial charge >= 0.3 is 15.2 Å². The van der Waals surface area contributed by atoms with E-state index in [4.69, 9.17) is 28.9 Å². The minimum absolute atomic E-state index is 0. The van der Waals surface area contributed by atoms with E-state index >= 15 is 0 Å². The highest BCUT2D eigenvalue weighted by atomic mass is 35.5. The number of hydrogen-bond acceptors (Lipinski definition) is 6. The molecule has 1 aliphatic rings. The van der Waals surface area contributed by atoms with Gasteiger partial charge in [-0.15, -0.1) is 35.6 Å². The topological polar surface area (TPSA) is 185 Å². The average molecular weight is 613 g/mol. The van der Waals surface area contributed by atoms with E-state index in [-0.39, 0.29) is 31.2 Å². The first-order chi connectivity index (χ1) is 16.2. The molecule has 1 aromatic rings. The lowest BCUT2D eigenvalue weighted by Gasteiger charge is -2.32. The molecule has 1 unspecified atom stereocenters. The van der Waals surface area contributed by atoms with Gasteiger partial charge in [-0.25, -0.2) is 0 Å². The number of likely N-dealkylation sites (tertiary alicyclic amines) is 1. The van der Waals surface area contributed by atoms with E-state index in [0.29, 0.717) is 44.2 Å². The summed E-state index contributed by atoms with van der Waals surface area (Å²) in [4.78, 5) is 53.9. The van der Waals surface area contributed by atoms with Crippen LogP contribution in [-0.2, 0) is 20.3 Å². The van der Waals surface area contributed by atoms with Crippen LogP contribution in [0.1, 0.15) is 31.2 Å². The first kappa shape index (κ1) is 33.6. The number of alkyl halides is 2. The summed E-state index contributed by atoms with van der Waals surface area (Å²) in [5.41, 5.74) is 7.94. The maximum atomic E-state index is 13.0. The molecule has 11 nitrogen and oxygen atoms in total. The van der Waals surface area contributed by atoms with Crippen molar-refractivity contribution in [1.29, 1.82) is 0 Å². The van der Waals surface area contributed by atoms with Gasteiger partial charge < -0.3 is 40.2 Å². The van der Waals surface area contributed by atoms with Crippen molar-refractivity contribution in [2.24, 2.45) is 5.73 Å². The Morgan fingerprint density at radius 1 is 1.11 bits per heavy atom. The molecule has 1 aromatic carbocycles. The number of rotatable bonds is 13. The number of aliphatic hydroxyl groups is 1. The van der Waals surface area contributed by atoms with Crippen LogP contribution >= 0.6 is 50.8 Å². The highest BCUT2D eigenvalue weighted by Gasteiger charge is 2.59. The molecule has 2 rings (SSSR count). The lowest BCUT2D eigenvalue weighted by atomic mass is 10.0. The molecule has 36 heavy (non-hydrogen) atoms. The molecule has 2 atom stereocenters. The molecule has 1 heterocycles. The van der Waals surface area contributed by atoms with Crippen molar-refractivity contribution < 1.29 is 38.6 Å². The van der Waals surface area contributed by atoms with E-state index in [0.717, 1.165) is 11.3 Å². The number of carbonyl (C=O) groups excluding carboxylic acids is 1. The van der Waals surface area contributed by atoms with Crippen LogP contribution in [0.4, 0.5) is 5.69 Å². The SMILES string of the molecule is Cl.N[C@@H](Cc1ccc(N(CCCl)CCCl)cc1)C(=O)N1CCCC1CCC(O)(P(=O)(O)O)P(=O)(O)O. The molecule has 1 amide bonds. The normalized spacial score (nSPS) is 17.6. The maximum Gasteiger partial charge on any atom is 0.369 e. The van der Waals surface area contributed by atoms with Crippen LogP contribution in [0.5, 0.6) is 0 Å². The molecular weight excluding hydrogens is 579 g/mol. The van der Waals surface area contributed by atoms with E-state index in [1.165, 1.54) is 4.90 Å². The van der Waals surface area contributed by atoms with Crippen molar-refractivity contribution in [2.75, 3.05) is 36.3 Å².